The number of halogens is 1. The number of aromatic amines is 1. The number of fused-ring (bicyclic) bond motifs is 1. The Hall–Kier alpha value is -3.80. The molecule has 2 fully saturated rings. The lowest BCUT2D eigenvalue weighted by Gasteiger charge is -2.40. The van der Waals surface area contributed by atoms with E-state index < -0.39 is 5.82 Å². The zero-order chi connectivity index (χ0) is 27.5. The van der Waals surface area contributed by atoms with Crippen molar-refractivity contribution in [2.75, 3.05) is 59.7 Å². The number of aromatic nitrogens is 3. The minimum Gasteiger partial charge on any atom is -0.488 e. The lowest BCUT2D eigenvalue weighted by atomic mass is 10.1. The van der Waals surface area contributed by atoms with Crippen LogP contribution in [0.5, 0.6) is 5.75 Å². The summed E-state index contributed by atoms with van der Waals surface area (Å²) in [7, 11) is 1.56. The fourth-order valence-corrected chi connectivity index (χ4v) is 5.38. The average molecular weight is 550 g/mol. The summed E-state index contributed by atoms with van der Waals surface area (Å²) in [6.45, 7) is 5.48. The molecule has 10 nitrogen and oxygen atoms in total. The van der Waals surface area contributed by atoms with Gasteiger partial charge in [-0.1, -0.05) is 17.3 Å². The maximum absolute atomic E-state index is 14.6. The maximum Gasteiger partial charge on any atom is 0.253 e. The van der Waals surface area contributed by atoms with E-state index in [0.717, 1.165) is 57.8 Å². The third-order valence-corrected chi connectivity index (χ3v) is 7.64. The Morgan fingerprint density at radius 1 is 1.07 bits per heavy atom. The molecule has 0 saturated carbocycles. The van der Waals surface area contributed by atoms with Gasteiger partial charge in [-0.2, -0.15) is 5.10 Å². The lowest BCUT2D eigenvalue weighted by Crippen LogP contribution is -2.53. The number of benzene rings is 2. The predicted octanol–water partition coefficient (Wildman–Crippen LogP) is 3.99. The lowest BCUT2D eigenvalue weighted by molar-refractivity contribution is 0.0137. The highest BCUT2D eigenvalue weighted by Gasteiger charge is 2.28. The molecule has 0 bridgehead atoms. The van der Waals surface area contributed by atoms with Crippen LogP contribution in [0.3, 0.4) is 0 Å². The summed E-state index contributed by atoms with van der Waals surface area (Å²) in [5.41, 5.74) is 3.09. The van der Waals surface area contributed by atoms with E-state index in [4.69, 9.17) is 18.7 Å². The summed E-state index contributed by atoms with van der Waals surface area (Å²) in [5, 5.41) is 11.9. The molecule has 6 rings (SSSR count). The molecule has 2 aromatic carbocycles. The standard InChI is InChI=1S/C29H32FN5O5/c1-37-14-15-39-26-18-25-22(16-23(26)30)28(32-31-25)27-17-24(33-40-27)19-2-4-20(5-3-19)29(36)35-10-8-34(9-11-35)21-6-12-38-13-7-21/h2-5,16-18,21H,6-15H2,1H3,(H,31,32). The molecule has 2 aliphatic rings. The quantitative estimate of drug-likeness (QED) is 0.329. The van der Waals surface area contributed by atoms with E-state index in [-0.39, 0.29) is 18.3 Å². The normalized spacial score (nSPS) is 17.0. The van der Waals surface area contributed by atoms with Gasteiger partial charge in [0, 0.05) is 81.2 Å². The number of hydrogen-bond donors (Lipinski definition) is 1. The molecule has 2 aliphatic heterocycles. The molecule has 0 radical (unpaired) electrons. The van der Waals surface area contributed by atoms with Crippen LogP contribution in [0.1, 0.15) is 23.2 Å². The molecular weight excluding hydrogens is 517 g/mol. The number of hydrogen-bond acceptors (Lipinski definition) is 8. The van der Waals surface area contributed by atoms with Crippen molar-refractivity contribution in [3.05, 3.63) is 53.8 Å². The Bertz CT molecular complexity index is 1460. The summed E-state index contributed by atoms with van der Waals surface area (Å²) >= 11 is 0. The number of methoxy groups -OCH3 is 1. The van der Waals surface area contributed by atoms with E-state index in [1.165, 1.54) is 6.07 Å². The molecule has 0 atom stereocenters. The van der Waals surface area contributed by atoms with Gasteiger partial charge in [0.15, 0.2) is 17.3 Å². The second-order valence-electron chi connectivity index (χ2n) is 10.1. The van der Waals surface area contributed by atoms with Gasteiger partial charge in [-0.25, -0.2) is 4.39 Å². The van der Waals surface area contributed by atoms with Crippen LogP contribution in [0.25, 0.3) is 33.6 Å². The molecule has 4 aromatic rings. The number of carbonyl (C=O) groups excluding carboxylic acids is 1. The Labute approximate surface area is 231 Å². The number of carbonyl (C=O) groups is 1. The highest BCUT2D eigenvalue weighted by atomic mass is 19.1. The van der Waals surface area contributed by atoms with E-state index in [2.05, 4.69) is 20.3 Å². The topological polar surface area (TPSA) is 106 Å². The monoisotopic (exact) mass is 549 g/mol. The summed E-state index contributed by atoms with van der Waals surface area (Å²) in [5.74, 6) is 0.0518. The van der Waals surface area contributed by atoms with Gasteiger partial charge in [-0.3, -0.25) is 14.8 Å². The van der Waals surface area contributed by atoms with Crippen LogP contribution in [-0.2, 0) is 9.47 Å². The SMILES string of the molecule is COCCOc1cc2[nH]nc(-c3cc(-c4ccc(C(=O)N5CCN(C6CCOCC6)CC5)cc4)no3)c2cc1F. The van der Waals surface area contributed by atoms with E-state index in [9.17, 15) is 9.18 Å². The molecule has 2 saturated heterocycles. The van der Waals surface area contributed by atoms with Crippen molar-refractivity contribution in [2.45, 2.75) is 18.9 Å². The minimum absolute atomic E-state index is 0.0367. The summed E-state index contributed by atoms with van der Waals surface area (Å²) in [6, 6.07) is 12.6. The second kappa shape index (κ2) is 11.7. The summed E-state index contributed by atoms with van der Waals surface area (Å²) < 4.78 is 36.1. The van der Waals surface area contributed by atoms with Crippen molar-refractivity contribution in [2.24, 2.45) is 0 Å². The Balaban J connectivity index is 1.11. The maximum atomic E-state index is 14.6. The predicted molar refractivity (Wildman–Crippen MR) is 146 cm³/mol. The van der Waals surface area contributed by atoms with Crippen molar-refractivity contribution in [3.63, 3.8) is 0 Å². The zero-order valence-corrected chi connectivity index (χ0v) is 22.4. The van der Waals surface area contributed by atoms with Crippen molar-refractivity contribution in [1.29, 1.82) is 0 Å². The van der Waals surface area contributed by atoms with Crippen LogP contribution in [0.4, 0.5) is 4.39 Å². The fourth-order valence-electron chi connectivity index (χ4n) is 5.38. The number of ether oxygens (including phenoxy) is 3. The van der Waals surface area contributed by atoms with Crippen LogP contribution >= 0.6 is 0 Å². The van der Waals surface area contributed by atoms with Crippen LogP contribution in [0.2, 0.25) is 0 Å². The molecule has 0 aliphatic carbocycles. The van der Waals surface area contributed by atoms with Crippen molar-refractivity contribution in [1.82, 2.24) is 25.2 Å². The molecule has 4 heterocycles. The number of H-pyrrole nitrogens is 1. The van der Waals surface area contributed by atoms with Crippen LogP contribution in [0.15, 0.2) is 47.0 Å². The van der Waals surface area contributed by atoms with Gasteiger partial charge < -0.3 is 23.6 Å². The van der Waals surface area contributed by atoms with Gasteiger partial charge >= 0.3 is 0 Å². The third kappa shape index (κ3) is 5.45. The minimum atomic E-state index is -0.503. The number of piperazine rings is 1. The number of nitrogens with zero attached hydrogens (tertiary/aromatic N) is 4. The summed E-state index contributed by atoms with van der Waals surface area (Å²) in [4.78, 5) is 17.6. The average Bonchev–Trinajstić information content (AvgIpc) is 3.65. The Morgan fingerprint density at radius 3 is 2.60 bits per heavy atom. The van der Waals surface area contributed by atoms with Crippen LogP contribution < -0.4 is 4.74 Å². The molecule has 2 aromatic heterocycles. The van der Waals surface area contributed by atoms with Crippen molar-refractivity contribution >= 4 is 16.8 Å². The molecule has 11 heteroatoms. The first-order chi connectivity index (χ1) is 19.6. The highest BCUT2D eigenvalue weighted by molar-refractivity contribution is 5.95. The first kappa shape index (κ1) is 26.4. The fraction of sp³-hybridized carbons (Fsp3) is 0.414. The van der Waals surface area contributed by atoms with Crippen molar-refractivity contribution < 1.29 is 27.9 Å². The smallest absolute Gasteiger partial charge is 0.253 e. The first-order valence-electron chi connectivity index (χ1n) is 13.6. The van der Waals surface area contributed by atoms with Gasteiger partial charge in [0.2, 0.25) is 0 Å². The Kier molecular flexibility index (Phi) is 7.76. The number of amides is 1. The van der Waals surface area contributed by atoms with Gasteiger partial charge in [-0.05, 0) is 31.0 Å². The molecular formula is C29H32FN5O5. The third-order valence-electron chi connectivity index (χ3n) is 7.64. The van der Waals surface area contributed by atoms with Gasteiger partial charge in [0.1, 0.15) is 18.0 Å². The molecule has 0 unspecified atom stereocenters. The van der Waals surface area contributed by atoms with E-state index in [1.807, 2.05) is 29.2 Å². The van der Waals surface area contributed by atoms with Gasteiger partial charge in [0.25, 0.3) is 5.91 Å². The van der Waals surface area contributed by atoms with E-state index >= 15 is 0 Å². The Morgan fingerprint density at radius 2 is 1.85 bits per heavy atom. The number of nitrogens with one attached hydrogen (secondary N) is 1. The summed E-state index contributed by atoms with van der Waals surface area (Å²) in [6.07, 6.45) is 2.13. The van der Waals surface area contributed by atoms with E-state index in [1.54, 1.807) is 19.2 Å². The molecule has 1 amide bonds. The molecule has 0 spiro atoms. The molecule has 1 N–H and O–H groups in total. The van der Waals surface area contributed by atoms with E-state index in [0.29, 0.717) is 46.3 Å². The first-order valence-corrected chi connectivity index (χ1v) is 13.6. The molecule has 210 valence electrons. The second-order valence-corrected chi connectivity index (χ2v) is 10.1. The largest absolute Gasteiger partial charge is 0.488 e. The van der Waals surface area contributed by atoms with Crippen LogP contribution in [0, 0.1) is 5.82 Å². The van der Waals surface area contributed by atoms with Gasteiger partial charge in [-0.15, -0.1) is 0 Å². The highest BCUT2D eigenvalue weighted by Crippen LogP contribution is 2.33. The van der Waals surface area contributed by atoms with Gasteiger partial charge in [0.05, 0.1) is 12.1 Å². The zero-order valence-electron chi connectivity index (χ0n) is 22.4. The molecule has 40 heavy (non-hydrogen) atoms. The number of rotatable bonds is 8. The van der Waals surface area contributed by atoms with Crippen LogP contribution in [-0.4, -0.2) is 96.8 Å². The van der Waals surface area contributed by atoms with Crippen molar-refractivity contribution in [3.8, 4) is 28.5 Å².